The van der Waals surface area contributed by atoms with Gasteiger partial charge in [-0.05, 0) is 49.4 Å². The summed E-state index contributed by atoms with van der Waals surface area (Å²) in [4.78, 5) is 25.1. The molecule has 0 spiro atoms. The Labute approximate surface area is 165 Å². The molecule has 6 nitrogen and oxygen atoms in total. The Morgan fingerprint density at radius 1 is 1.29 bits per heavy atom. The van der Waals surface area contributed by atoms with Crippen molar-refractivity contribution in [1.29, 1.82) is 0 Å². The summed E-state index contributed by atoms with van der Waals surface area (Å²) >= 11 is 0. The molecule has 0 saturated carbocycles. The molecule has 1 aromatic heterocycles. The largest absolute Gasteiger partial charge is 0.357 e. The van der Waals surface area contributed by atoms with Crippen molar-refractivity contribution in [2.45, 2.75) is 19.3 Å². The lowest BCUT2D eigenvalue weighted by Crippen LogP contribution is -2.42. The maximum absolute atomic E-state index is 13.0. The first kappa shape index (κ1) is 20.2. The van der Waals surface area contributed by atoms with Gasteiger partial charge in [-0.1, -0.05) is 12.1 Å². The maximum Gasteiger partial charge on any atom is 0.256 e. The van der Waals surface area contributed by atoms with Gasteiger partial charge in [0.2, 0.25) is 5.95 Å². The Morgan fingerprint density at radius 3 is 2.68 bits per heavy atom. The van der Waals surface area contributed by atoms with E-state index in [4.69, 9.17) is 0 Å². The van der Waals surface area contributed by atoms with Crippen LogP contribution in [0.1, 0.15) is 28.8 Å². The molecule has 28 heavy (non-hydrogen) atoms. The van der Waals surface area contributed by atoms with Crippen LogP contribution in [0.5, 0.6) is 0 Å². The van der Waals surface area contributed by atoms with Crippen molar-refractivity contribution >= 4 is 11.9 Å². The third-order valence-electron chi connectivity index (χ3n) is 5.23. The lowest BCUT2D eigenvalue weighted by Gasteiger charge is -2.34. The van der Waals surface area contributed by atoms with Gasteiger partial charge < -0.3 is 15.1 Å². The third kappa shape index (κ3) is 5.48. The number of hydrogen-bond donors (Lipinski definition) is 1. The number of hydrogen-bond acceptors (Lipinski definition) is 5. The average Bonchev–Trinajstić information content (AvgIpc) is 2.73. The molecule has 2 heterocycles. The highest BCUT2D eigenvalue weighted by atomic mass is 19.1. The molecule has 1 aromatic carbocycles. The number of benzene rings is 1. The van der Waals surface area contributed by atoms with Crippen molar-refractivity contribution < 1.29 is 9.18 Å². The highest BCUT2D eigenvalue weighted by Gasteiger charge is 2.23. The van der Waals surface area contributed by atoms with Crippen LogP contribution in [0.15, 0.2) is 36.7 Å². The molecule has 1 aliphatic heterocycles. The van der Waals surface area contributed by atoms with E-state index in [1.54, 1.807) is 24.3 Å². The van der Waals surface area contributed by atoms with E-state index in [1.165, 1.54) is 12.1 Å². The number of nitrogens with zero attached hydrogens (tertiary/aromatic N) is 4. The summed E-state index contributed by atoms with van der Waals surface area (Å²) < 4.78 is 13.0. The minimum Gasteiger partial charge on any atom is -0.357 e. The van der Waals surface area contributed by atoms with E-state index in [0.717, 1.165) is 51.0 Å². The normalized spacial score (nSPS) is 17.3. The molecule has 1 saturated heterocycles. The summed E-state index contributed by atoms with van der Waals surface area (Å²) in [5.41, 5.74) is 1.66. The average molecular weight is 385 g/mol. The number of carbonyl (C=O) groups excluding carboxylic acids is 1. The van der Waals surface area contributed by atoms with Gasteiger partial charge in [0, 0.05) is 46.1 Å². The number of rotatable bonds is 7. The first-order valence-corrected chi connectivity index (χ1v) is 9.77. The topological polar surface area (TPSA) is 61.4 Å². The van der Waals surface area contributed by atoms with Crippen molar-refractivity contribution in [3.05, 3.63) is 53.6 Å². The van der Waals surface area contributed by atoms with Gasteiger partial charge in [-0.25, -0.2) is 14.4 Å². The zero-order valence-corrected chi connectivity index (χ0v) is 16.6. The van der Waals surface area contributed by atoms with Crippen LogP contribution in [0.3, 0.4) is 0 Å². The Balaban J connectivity index is 1.49. The molecule has 1 fully saturated rings. The second-order valence-electron chi connectivity index (χ2n) is 7.42. The fourth-order valence-corrected chi connectivity index (χ4v) is 3.70. The van der Waals surface area contributed by atoms with Gasteiger partial charge in [0.25, 0.3) is 5.91 Å². The Morgan fingerprint density at radius 2 is 2.00 bits per heavy atom. The second kappa shape index (κ2) is 9.59. The van der Waals surface area contributed by atoms with Crippen LogP contribution in [0.4, 0.5) is 10.3 Å². The van der Waals surface area contributed by atoms with Crippen LogP contribution < -0.4 is 5.32 Å². The van der Waals surface area contributed by atoms with Crippen LogP contribution in [0.2, 0.25) is 0 Å². The molecule has 1 atom stereocenters. The molecule has 7 heteroatoms. The predicted molar refractivity (Wildman–Crippen MR) is 108 cm³/mol. The predicted octanol–water partition coefficient (Wildman–Crippen LogP) is 2.68. The molecule has 0 radical (unpaired) electrons. The number of aromatic nitrogens is 2. The van der Waals surface area contributed by atoms with Crippen LogP contribution in [-0.4, -0.2) is 65.9 Å². The standard InChI is InChI=1S/C21H28FN5O/c1-23-21-24-12-18(13-25-21)20(28)26(2)14-17-4-3-10-27(15-17)11-9-16-5-7-19(22)8-6-16/h5-8,12-13,17H,3-4,9-11,14-15H2,1-2H3,(H,23,24,25)/t17-/m0/s1. The maximum atomic E-state index is 13.0. The molecule has 0 aliphatic carbocycles. The fourth-order valence-electron chi connectivity index (χ4n) is 3.70. The number of anilines is 1. The van der Waals surface area contributed by atoms with Gasteiger partial charge in [0.15, 0.2) is 0 Å². The van der Waals surface area contributed by atoms with Gasteiger partial charge in [-0.3, -0.25) is 4.79 Å². The molecule has 2 aromatic rings. The monoisotopic (exact) mass is 385 g/mol. The molecule has 0 bridgehead atoms. The summed E-state index contributed by atoms with van der Waals surface area (Å²) in [6.07, 6.45) is 6.30. The van der Waals surface area contributed by atoms with E-state index in [9.17, 15) is 9.18 Å². The number of likely N-dealkylation sites (tertiary alicyclic amines) is 1. The lowest BCUT2D eigenvalue weighted by atomic mass is 9.97. The van der Waals surface area contributed by atoms with Crippen molar-refractivity contribution in [1.82, 2.24) is 19.8 Å². The highest BCUT2D eigenvalue weighted by molar-refractivity contribution is 5.93. The zero-order valence-electron chi connectivity index (χ0n) is 16.6. The van der Waals surface area contributed by atoms with E-state index in [-0.39, 0.29) is 11.7 Å². The lowest BCUT2D eigenvalue weighted by molar-refractivity contribution is 0.0729. The zero-order chi connectivity index (χ0) is 19.9. The summed E-state index contributed by atoms with van der Waals surface area (Å²) in [7, 11) is 3.58. The quantitative estimate of drug-likeness (QED) is 0.794. The highest BCUT2D eigenvalue weighted by Crippen LogP contribution is 2.19. The molecular formula is C21H28FN5O. The van der Waals surface area contributed by atoms with Gasteiger partial charge >= 0.3 is 0 Å². The number of carbonyl (C=O) groups is 1. The molecule has 1 N–H and O–H groups in total. The molecule has 3 rings (SSSR count). The van der Waals surface area contributed by atoms with E-state index < -0.39 is 0 Å². The number of amides is 1. The van der Waals surface area contributed by atoms with Gasteiger partial charge in [0.05, 0.1) is 5.56 Å². The second-order valence-corrected chi connectivity index (χ2v) is 7.42. The molecule has 1 aliphatic rings. The SMILES string of the molecule is CNc1ncc(C(=O)N(C)C[C@@H]2CCCN(CCc3ccc(F)cc3)C2)cn1. The van der Waals surface area contributed by atoms with Gasteiger partial charge in [-0.2, -0.15) is 0 Å². The minimum atomic E-state index is -0.194. The number of piperidine rings is 1. The molecule has 0 unspecified atom stereocenters. The first-order valence-electron chi connectivity index (χ1n) is 9.77. The summed E-state index contributed by atoms with van der Waals surface area (Å²) in [6.45, 7) is 3.74. The van der Waals surface area contributed by atoms with Crippen LogP contribution >= 0.6 is 0 Å². The van der Waals surface area contributed by atoms with Crippen molar-refractivity contribution in [2.24, 2.45) is 5.92 Å². The molecule has 1 amide bonds. The Bertz CT molecular complexity index is 765. The minimum absolute atomic E-state index is 0.0499. The summed E-state index contributed by atoms with van der Waals surface area (Å²) in [5.74, 6) is 0.711. The van der Waals surface area contributed by atoms with E-state index in [1.807, 2.05) is 19.2 Å². The van der Waals surface area contributed by atoms with E-state index in [2.05, 4.69) is 20.2 Å². The van der Waals surface area contributed by atoms with Crippen molar-refractivity contribution in [3.63, 3.8) is 0 Å². The van der Waals surface area contributed by atoms with Crippen molar-refractivity contribution in [2.75, 3.05) is 45.6 Å². The van der Waals surface area contributed by atoms with Crippen molar-refractivity contribution in [3.8, 4) is 0 Å². The van der Waals surface area contributed by atoms with E-state index >= 15 is 0 Å². The third-order valence-corrected chi connectivity index (χ3v) is 5.23. The van der Waals surface area contributed by atoms with E-state index in [0.29, 0.717) is 17.4 Å². The van der Waals surface area contributed by atoms with Crippen LogP contribution in [-0.2, 0) is 6.42 Å². The summed E-state index contributed by atoms with van der Waals surface area (Å²) in [5, 5.41) is 2.85. The fraction of sp³-hybridized carbons (Fsp3) is 0.476. The van der Waals surface area contributed by atoms with Gasteiger partial charge in [-0.15, -0.1) is 0 Å². The smallest absolute Gasteiger partial charge is 0.256 e. The van der Waals surface area contributed by atoms with Crippen LogP contribution in [0.25, 0.3) is 0 Å². The Hall–Kier alpha value is -2.54. The van der Waals surface area contributed by atoms with Gasteiger partial charge in [0.1, 0.15) is 5.82 Å². The number of nitrogens with one attached hydrogen (secondary N) is 1. The molecule has 150 valence electrons. The molecular weight excluding hydrogens is 357 g/mol. The Kier molecular flexibility index (Phi) is 6.92. The number of halogens is 1. The van der Waals surface area contributed by atoms with Crippen LogP contribution in [0, 0.1) is 11.7 Å². The summed E-state index contributed by atoms with van der Waals surface area (Å²) in [6, 6.07) is 6.73. The first-order chi connectivity index (χ1) is 13.5.